The summed E-state index contributed by atoms with van der Waals surface area (Å²) in [7, 11) is 0. The second-order valence-corrected chi connectivity index (χ2v) is 5.53. The normalized spacial score (nSPS) is 16.2. The van der Waals surface area contributed by atoms with Crippen molar-refractivity contribution < 1.29 is 9.53 Å². The van der Waals surface area contributed by atoms with E-state index in [2.05, 4.69) is 35.1 Å². The monoisotopic (exact) mass is 293 g/mol. The lowest BCUT2D eigenvalue weighted by Gasteiger charge is -2.31. The second-order valence-electron chi connectivity index (χ2n) is 5.53. The maximum atomic E-state index is 11.6. The largest absolute Gasteiger partial charge is 0.450 e. The molecule has 0 radical (unpaired) electrons. The van der Waals surface area contributed by atoms with Crippen LogP contribution in [0.15, 0.2) is 18.3 Å². The molecule has 21 heavy (non-hydrogen) atoms. The molecule has 1 aliphatic heterocycles. The first-order valence-electron chi connectivity index (χ1n) is 8.03. The highest BCUT2D eigenvalue weighted by atomic mass is 16.6. The summed E-state index contributed by atoms with van der Waals surface area (Å²) in [4.78, 5) is 13.5. The molecule has 0 unspecified atom stereocenters. The van der Waals surface area contributed by atoms with Gasteiger partial charge in [0, 0.05) is 44.1 Å². The van der Waals surface area contributed by atoms with Crippen LogP contribution in [0.25, 0.3) is 0 Å². The third kappa shape index (κ3) is 4.49. The summed E-state index contributed by atoms with van der Waals surface area (Å²) in [5.74, 6) is 0. The lowest BCUT2D eigenvalue weighted by Crippen LogP contribution is -2.45. The first-order chi connectivity index (χ1) is 10.2. The summed E-state index contributed by atoms with van der Waals surface area (Å²) in [5, 5.41) is 3.61. The van der Waals surface area contributed by atoms with Crippen LogP contribution in [0.4, 0.5) is 4.79 Å². The van der Waals surface area contributed by atoms with Crippen molar-refractivity contribution in [1.82, 2.24) is 14.8 Å². The number of carbonyl (C=O) groups is 1. The quantitative estimate of drug-likeness (QED) is 0.877. The van der Waals surface area contributed by atoms with E-state index in [4.69, 9.17) is 4.74 Å². The summed E-state index contributed by atoms with van der Waals surface area (Å²) in [6, 6.07) is 4.77. The van der Waals surface area contributed by atoms with Crippen LogP contribution in [-0.4, -0.2) is 41.3 Å². The SMILES string of the molecule is CCCn1cccc1CNC1CCN(C(=O)OCC)CC1. The van der Waals surface area contributed by atoms with E-state index < -0.39 is 0 Å². The summed E-state index contributed by atoms with van der Waals surface area (Å²) in [6.45, 7) is 8.03. The fourth-order valence-corrected chi connectivity index (χ4v) is 2.80. The van der Waals surface area contributed by atoms with Crippen molar-refractivity contribution in [2.45, 2.75) is 52.2 Å². The standard InChI is InChI=1S/C16H27N3O2/c1-3-9-18-10-5-6-15(18)13-17-14-7-11-19(12-8-14)16(20)21-4-2/h5-6,10,14,17H,3-4,7-9,11-13H2,1-2H3. The predicted octanol–water partition coefficient (Wildman–Crippen LogP) is 2.61. The number of hydrogen-bond donors (Lipinski definition) is 1. The van der Waals surface area contributed by atoms with Crippen LogP contribution in [0, 0.1) is 0 Å². The number of amides is 1. The van der Waals surface area contributed by atoms with E-state index in [1.54, 1.807) is 0 Å². The molecule has 0 aliphatic carbocycles. The Morgan fingerprint density at radius 3 is 2.81 bits per heavy atom. The summed E-state index contributed by atoms with van der Waals surface area (Å²) in [5.41, 5.74) is 1.34. The Labute approximate surface area is 127 Å². The zero-order valence-electron chi connectivity index (χ0n) is 13.2. The lowest BCUT2D eigenvalue weighted by molar-refractivity contribution is 0.0949. The average Bonchev–Trinajstić information content (AvgIpc) is 2.94. The number of carbonyl (C=O) groups excluding carboxylic acids is 1. The van der Waals surface area contributed by atoms with Crippen molar-refractivity contribution in [3.05, 3.63) is 24.0 Å². The number of aromatic nitrogens is 1. The molecule has 0 atom stereocenters. The molecule has 1 fully saturated rings. The third-order valence-corrected chi connectivity index (χ3v) is 3.98. The molecular weight excluding hydrogens is 266 g/mol. The number of rotatable bonds is 6. The average molecular weight is 293 g/mol. The van der Waals surface area contributed by atoms with Gasteiger partial charge in [0.05, 0.1) is 6.61 Å². The molecule has 0 spiro atoms. The molecule has 2 rings (SSSR count). The zero-order chi connectivity index (χ0) is 15.1. The van der Waals surface area contributed by atoms with Gasteiger partial charge in [0.2, 0.25) is 0 Å². The highest BCUT2D eigenvalue weighted by Crippen LogP contribution is 2.13. The second kappa shape index (κ2) is 8.08. The fourth-order valence-electron chi connectivity index (χ4n) is 2.80. The van der Waals surface area contributed by atoms with Gasteiger partial charge in [0.1, 0.15) is 0 Å². The Hall–Kier alpha value is -1.49. The van der Waals surface area contributed by atoms with Crippen molar-refractivity contribution in [2.75, 3.05) is 19.7 Å². The molecule has 1 aliphatic rings. The first-order valence-corrected chi connectivity index (χ1v) is 8.03. The molecule has 5 nitrogen and oxygen atoms in total. The number of ether oxygens (including phenoxy) is 1. The Morgan fingerprint density at radius 1 is 1.38 bits per heavy atom. The molecule has 5 heteroatoms. The van der Waals surface area contributed by atoms with Crippen molar-refractivity contribution in [2.24, 2.45) is 0 Å². The fraction of sp³-hybridized carbons (Fsp3) is 0.688. The van der Waals surface area contributed by atoms with Crippen molar-refractivity contribution >= 4 is 6.09 Å². The highest BCUT2D eigenvalue weighted by molar-refractivity contribution is 5.67. The molecule has 1 saturated heterocycles. The van der Waals surface area contributed by atoms with Gasteiger partial charge in [-0.15, -0.1) is 0 Å². The molecule has 1 aromatic heterocycles. The van der Waals surface area contributed by atoms with Crippen LogP contribution in [0.2, 0.25) is 0 Å². The van der Waals surface area contributed by atoms with E-state index in [-0.39, 0.29) is 6.09 Å². The van der Waals surface area contributed by atoms with Gasteiger partial charge in [-0.1, -0.05) is 6.92 Å². The number of nitrogens with one attached hydrogen (secondary N) is 1. The molecule has 0 aromatic carbocycles. The molecular formula is C16H27N3O2. The van der Waals surface area contributed by atoms with Crippen LogP contribution in [0.5, 0.6) is 0 Å². The molecule has 118 valence electrons. The minimum atomic E-state index is -0.173. The summed E-state index contributed by atoms with van der Waals surface area (Å²) in [6.07, 6.45) is 5.11. The smallest absolute Gasteiger partial charge is 0.409 e. The summed E-state index contributed by atoms with van der Waals surface area (Å²) < 4.78 is 7.35. The van der Waals surface area contributed by atoms with E-state index in [1.165, 1.54) is 5.69 Å². The topological polar surface area (TPSA) is 46.5 Å². The third-order valence-electron chi connectivity index (χ3n) is 3.98. The van der Waals surface area contributed by atoms with Crippen LogP contribution >= 0.6 is 0 Å². The predicted molar refractivity (Wildman–Crippen MR) is 83.2 cm³/mol. The maximum Gasteiger partial charge on any atom is 0.409 e. The molecule has 1 aromatic rings. The number of piperidine rings is 1. The van der Waals surface area contributed by atoms with Crippen molar-refractivity contribution in [3.63, 3.8) is 0 Å². The van der Waals surface area contributed by atoms with Gasteiger partial charge >= 0.3 is 6.09 Å². The number of nitrogens with zero attached hydrogens (tertiary/aromatic N) is 2. The number of aryl methyl sites for hydroxylation is 1. The van der Waals surface area contributed by atoms with E-state index in [0.29, 0.717) is 12.6 Å². The first kappa shape index (κ1) is 15.9. The summed E-state index contributed by atoms with van der Waals surface area (Å²) >= 11 is 0. The van der Waals surface area contributed by atoms with Gasteiger partial charge in [-0.2, -0.15) is 0 Å². The van der Waals surface area contributed by atoms with Crippen molar-refractivity contribution in [3.8, 4) is 0 Å². The molecule has 0 saturated carbocycles. The zero-order valence-corrected chi connectivity index (χ0v) is 13.2. The van der Waals surface area contributed by atoms with Gasteiger partial charge < -0.3 is 19.5 Å². The Bertz CT molecular complexity index is 436. The Kier molecular flexibility index (Phi) is 6.11. The molecule has 1 amide bonds. The Morgan fingerprint density at radius 2 is 2.14 bits per heavy atom. The van der Waals surface area contributed by atoms with Gasteiger partial charge in [-0.25, -0.2) is 4.79 Å². The van der Waals surface area contributed by atoms with Gasteiger partial charge in [0.25, 0.3) is 0 Å². The van der Waals surface area contributed by atoms with E-state index in [9.17, 15) is 4.79 Å². The minimum absolute atomic E-state index is 0.173. The van der Waals surface area contributed by atoms with Gasteiger partial charge in [-0.05, 0) is 38.3 Å². The van der Waals surface area contributed by atoms with Crippen LogP contribution in [0.1, 0.15) is 38.8 Å². The minimum Gasteiger partial charge on any atom is -0.450 e. The van der Waals surface area contributed by atoms with Crippen LogP contribution in [0.3, 0.4) is 0 Å². The van der Waals surface area contributed by atoms with Crippen LogP contribution < -0.4 is 5.32 Å². The molecule has 0 bridgehead atoms. The lowest BCUT2D eigenvalue weighted by atomic mass is 10.1. The number of likely N-dealkylation sites (tertiary alicyclic amines) is 1. The van der Waals surface area contributed by atoms with Crippen LogP contribution in [-0.2, 0) is 17.8 Å². The van der Waals surface area contributed by atoms with E-state index in [1.807, 2.05) is 11.8 Å². The maximum absolute atomic E-state index is 11.6. The van der Waals surface area contributed by atoms with Gasteiger partial charge in [-0.3, -0.25) is 0 Å². The highest BCUT2D eigenvalue weighted by Gasteiger charge is 2.23. The van der Waals surface area contributed by atoms with E-state index >= 15 is 0 Å². The Balaban J connectivity index is 1.73. The van der Waals surface area contributed by atoms with Crippen molar-refractivity contribution in [1.29, 1.82) is 0 Å². The van der Waals surface area contributed by atoms with E-state index in [0.717, 1.165) is 45.4 Å². The van der Waals surface area contributed by atoms with Gasteiger partial charge in [0.15, 0.2) is 0 Å². The molecule has 1 N–H and O–H groups in total. The molecule has 2 heterocycles. The number of hydrogen-bond acceptors (Lipinski definition) is 3.